The highest BCUT2D eigenvalue weighted by Crippen LogP contribution is 2.09. The Morgan fingerprint density at radius 2 is 1.94 bits per heavy atom. The van der Waals surface area contributed by atoms with Crippen LogP contribution in [0.15, 0.2) is 47.8 Å². The number of hydrogen-bond acceptors (Lipinski definition) is 3. The van der Waals surface area contributed by atoms with Gasteiger partial charge in [-0.2, -0.15) is 0 Å². The van der Waals surface area contributed by atoms with E-state index < -0.39 is 0 Å². The van der Waals surface area contributed by atoms with Crippen molar-refractivity contribution in [2.75, 3.05) is 6.61 Å². The number of hydrogen-bond donors (Lipinski definition) is 0. The highest BCUT2D eigenvalue weighted by atomic mass is 32.1. The highest BCUT2D eigenvalue weighted by molar-refractivity contribution is 7.09. The summed E-state index contributed by atoms with van der Waals surface area (Å²) in [6, 6.07) is 13.7. The van der Waals surface area contributed by atoms with Crippen molar-refractivity contribution < 1.29 is 9.53 Å². The van der Waals surface area contributed by atoms with Gasteiger partial charge in [-0.05, 0) is 17.0 Å². The molecule has 0 fully saturated rings. The quantitative estimate of drug-likeness (QED) is 0.783. The Bertz CT molecular complexity index is 448. The zero-order chi connectivity index (χ0) is 11.9. The molecule has 0 aliphatic heterocycles. The average molecular weight is 246 g/mol. The average Bonchev–Trinajstić information content (AvgIpc) is 2.83. The molecule has 0 N–H and O–H groups in total. The Labute approximate surface area is 105 Å². The van der Waals surface area contributed by atoms with Gasteiger partial charge in [0.25, 0.3) is 0 Å². The molecule has 0 radical (unpaired) electrons. The monoisotopic (exact) mass is 246 g/mol. The van der Waals surface area contributed by atoms with Crippen LogP contribution in [0.25, 0.3) is 0 Å². The van der Waals surface area contributed by atoms with Gasteiger partial charge in [0.15, 0.2) is 5.78 Å². The van der Waals surface area contributed by atoms with Gasteiger partial charge < -0.3 is 4.74 Å². The van der Waals surface area contributed by atoms with Crippen LogP contribution < -0.4 is 0 Å². The van der Waals surface area contributed by atoms with E-state index in [-0.39, 0.29) is 12.4 Å². The van der Waals surface area contributed by atoms with Crippen LogP contribution in [0, 0.1) is 0 Å². The summed E-state index contributed by atoms with van der Waals surface area (Å²) in [6.45, 7) is 0.713. The van der Waals surface area contributed by atoms with Crippen LogP contribution in [0.5, 0.6) is 0 Å². The number of thiophene rings is 1. The van der Waals surface area contributed by atoms with Crippen molar-refractivity contribution >= 4 is 17.1 Å². The minimum Gasteiger partial charge on any atom is -0.368 e. The molecule has 0 bridgehead atoms. The number of ether oxygens (including phenoxy) is 1. The zero-order valence-corrected chi connectivity index (χ0v) is 10.3. The van der Waals surface area contributed by atoms with Crippen molar-refractivity contribution in [3.05, 3.63) is 58.3 Å². The van der Waals surface area contributed by atoms with E-state index in [0.29, 0.717) is 13.0 Å². The van der Waals surface area contributed by atoms with Crippen molar-refractivity contribution in [3.63, 3.8) is 0 Å². The molecule has 0 unspecified atom stereocenters. The number of ketones is 1. The van der Waals surface area contributed by atoms with Gasteiger partial charge in [-0.3, -0.25) is 4.79 Å². The Kier molecular flexibility index (Phi) is 4.47. The lowest BCUT2D eigenvalue weighted by molar-refractivity contribution is -0.123. The molecule has 2 aromatic rings. The second-order valence-corrected chi connectivity index (χ2v) is 4.81. The van der Waals surface area contributed by atoms with E-state index in [4.69, 9.17) is 4.74 Å². The normalized spacial score (nSPS) is 10.4. The molecule has 3 heteroatoms. The van der Waals surface area contributed by atoms with Crippen LogP contribution in [-0.4, -0.2) is 12.4 Å². The number of carbonyl (C=O) groups excluding carboxylic acids is 1. The van der Waals surface area contributed by atoms with Gasteiger partial charge in [0, 0.05) is 11.3 Å². The highest BCUT2D eigenvalue weighted by Gasteiger charge is 2.04. The lowest BCUT2D eigenvalue weighted by Gasteiger charge is -2.02. The van der Waals surface area contributed by atoms with Gasteiger partial charge in [0.05, 0.1) is 6.61 Å². The molecule has 0 spiro atoms. The summed E-state index contributed by atoms with van der Waals surface area (Å²) in [5, 5.41) is 2.00. The largest absolute Gasteiger partial charge is 0.368 e. The van der Waals surface area contributed by atoms with Crippen molar-refractivity contribution in [2.24, 2.45) is 0 Å². The first-order valence-electron chi connectivity index (χ1n) is 5.50. The number of rotatable bonds is 6. The summed E-state index contributed by atoms with van der Waals surface area (Å²) in [5.74, 6) is 0.118. The Hall–Kier alpha value is -1.45. The Morgan fingerprint density at radius 3 is 2.65 bits per heavy atom. The first-order valence-corrected chi connectivity index (χ1v) is 6.38. The third-order valence-corrected chi connectivity index (χ3v) is 3.18. The maximum atomic E-state index is 11.6. The molecule has 17 heavy (non-hydrogen) atoms. The second-order valence-electron chi connectivity index (χ2n) is 3.77. The molecule has 0 saturated heterocycles. The summed E-state index contributed by atoms with van der Waals surface area (Å²) in [7, 11) is 0. The summed E-state index contributed by atoms with van der Waals surface area (Å²) < 4.78 is 5.37. The maximum absolute atomic E-state index is 11.6. The number of benzene rings is 1. The van der Waals surface area contributed by atoms with E-state index in [2.05, 4.69) is 0 Å². The van der Waals surface area contributed by atoms with Crippen molar-refractivity contribution in [2.45, 2.75) is 13.0 Å². The van der Waals surface area contributed by atoms with E-state index in [1.807, 2.05) is 47.8 Å². The predicted octanol–water partition coefficient (Wildman–Crippen LogP) is 3.08. The predicted molar refractivity (Wildman–Crippen MR) is 69.1 cm³/mol. The Morgan fingerprint density at radius 1 is 1.12 bits per heavy atom. The molecule has 2 rings (SSSR count). The van der Waals surface area contributed by atoms with Crippen LogP contribution in [0.2, 0.25) is 0 Å². The lowest BCUT2D eigenvalue weighted by Crippen LogP contribution is -2.11. The second kappa shape index (κ2) is 6.33. The number of carbonyl (C=O) groups is 1. The van der Waals surface area contributed by atoms with Crippen LogP contribution in [0.4, 0.5) is 0 Å². The molecule has 0 aliphatic carbocycles. The van der Waals surface area contributed by atoms with Crippen molar-refractivity contribution in [3.8, 4) is 0 Å². The van der Waals surface area contributed by atoms with Gasteiger partial charge >= 0.3 is 0 Å². The molecule has 0 amide bonds. The minimum atomic E-state index is 0.118. The van der Waals surface area contributed by atoms with E-state index in [1.165, 1.54) is 0 Å². The summed E-state index contributed by atoms with van der Waals surface area (Å²) in [4.78, 5) is 12.8. The first-order chi connectivity index (χ1) is 8.34. The van der Waals surface area contributed by atoms with Gasteiger partial charge in [-0.25, -0.2) is 0 Å². The molecule has 88 valence electrons. The molecule has 2 nitrogen and oxygen atoms in total. The number of Topliss-reactive ketones (excluding diaryl/α,β-unsaturated/α-hetero) is 1. The maximum Gasteiger partial charge on any atom is 0.162 e. The molecule has 0 saturated carbocycles. The molecule has 1 aromatic carbocycles. The molecule has 1 heterocycles. The van der Waals surface area contributed by atoms with E-state index in [9.17, 15) is 4.79 Å². The van der Waals surface area contributed by atoms with E-state index in [1.54, 1.807) is 11.3 Å². The molecule has 0 atom stereocenters. The lowest BCUT2D eigenvalue weighted by atomic mass is 10.1. The zero-order valence-electron chi connectivity index (χ0n) is 9.46. The summed E-state index contributed by atoms with van der Waals surface area (Å²) in [5.41, 5.74) is 1.04. The van der Waals surface area contributed by atoms with Crippen LogP contribution in [-0.2, 0) is 22.6 Å². The summed E-state index contributed by atoms with van der Waals surface area (Å²) >= 11 is 1.64. The van der Waals surface area contributed by atoms with Crippen molar-refractivity contribution in [1.29, 1.82) is 0 Å². The van der Waals surface area contributed by atoms with Gasteiger partial charge in [0.2, 0.25) is 0 Å². The van der Waals surface area contributed by atoms with Gasteiger partial charge in [-0.1, -0.05) is 36.4 Å². The standard InChI is InChI=1S/C14H14O2S/c15-13(9-12-5-2-1-3-6-12)10-16-11-14-7-4-8-17-14/h1-8H,9-11H2. The third-order valence-electron chi connectivity index (χ3n) is 2.33. The minimum absolute atomic E-state index is 0.118. The molecular weight excluding hydrogens is 232 g/mol. The van der Waals surface area contributed by atoms with Gasteiger partial charge in [0.1, 0.15) is 6.61 Å². The SMILES string of the molecule is O=C(COCc1cccs1)Cc1ccccc1. The smallest absolute Gasteiger partial charge is 0.162 e. The van der Waals surface area contributed by atoms with Crippen molar-refractivity contribution in [1.82, 2.24) is 0 Å². The third kappa shape index (κ3) is 4.13. The van der Waals surface area contributed by atoms with E-state index in [0.717, 1.165) is 10.4 Å². The van der Waals surface area contributed by atoms with Gasteiger partial charge in [-0.15, -0.1) is 11.3 Å². The molecule has 0 aliphatic rings. The van der Waals surface area contributed by atoms with Crippen LogP contribution in [0.3, 0.4) is 0 Å². The first kappa shape index (κ1) is 12.0. The fourth-order valence-electron chi connectivity index (χ4n) is 1.53. The van der Waals surface area contributed by atoms with Crippen LogP contribution >= 0.6 is 11.3 Å². The fourth-order valence-corrected chi connectivity index (χ4v) is 2.18. The Balaban J connectivity index is 1.71. The fraction of sp³-hybridized carbons (Fsp3) is 0.214. The molecular formula is C14H14O2S. The summed E-state index contributed by atoms with van der Waals surface area (Å²) in [6.07, 6.45) is 0.450. The topological polar surface area (TPSA) is 26.3 Å². The van der Waals surface area contributed by atoms with E-state index >= 15 is 0 Å². The molecule has 1 aromatic heterocycles. The van der Waals surface area contributed by atoms with Crippen LogP contribution in [0.1, 0.15) is 10.4 Å².